The average Bonchev–Trinajstić information content (AvgIpc) is 3.74. The second kappa shape index (κ2) is 19.9. The highest BCUT2D eigenvalue weighted by molar-refractivity contribution is 5.19. The van der Waals surface area contributed by atoms with E-state index in [0.29, 0.717) is 51.4 Å². The maximum atomic E-state index is 12.6. The second-order valence-corrected chi connectivity index (χ2v) is 22.4. The van der Waals surface area contributed by atoms with Gasteiger partial charge in [-0.3, -0.25) is 0 Å². The number of allylic oxidation sites excluding steroid dienone is 2. The summed E-state index contributed by atoms with van der Waals surface area (Å²) in [5.74, 6) is -1.21. The van der Waals surface area contributed by atoms with Crippen LogP contribution < -0.4 is 0 Å². The zero-order valence-electron chi connectivity index (χ0n) is 39.4. The summed E-state index contributed by atoms with van der Waals surface area (Å²) < 4.78 is 37.7. The van der Waals surface area contributed by atoms with Gasteiger partial charge in [-0.1, -0.05) is 39.3 Å². The van der Waals surface area contributed by atoms with Crippen molar-refractivity contribution in [3.63, 3.8) is 0 Å². The van der Waals surface area contributed by atoms with Gasteiger partial charge >= 0.3 is 0 Å². The summed E-state index contributed by atoms with van der Waals surface area (Å²) in [6, 6.07) is 0. The van der Waals surface area contributed by atoms with E-state index in [1.807, 2.05) is 34.6 Å². The minimum absolute atomic E-state index is 0.0778. The lowest BCUT2D eigenvalue weighted by Gasteiger charge is -2.69. The van der Waals surface area contributed by atoms with Gasteiger partial charge < -0.3 is 94.8 Å². The van der Waals surface area contributed by atoms with Crippen LogP contribution in [0.4, 0.5) is 0 Å². The molecule has 0 unspecified atom stereocenters. The second-order valence-electron chi connectivity index (χ2n) is 22.4. The van der Waals surface area contributed by atoms with E-state index in [0.717, 1.165) is 5.57 Å². The van der Waals surface area contributed by atoms with E-state index in [1.165, 1.54) is 0 Å². The van der Waals surface area contributed by atoms with Crippen LogP contribution in [0.3, 0.4) is 0 Å². The molecule has 7 aliphatic rings. The number of aliphatic hydroxyl groups is 13. The van der Waals surface area contributed by atoms with Gasteiger partial charge in [0.25, 0.3) is 0 Å². The molecule has 0 spiro atoms. The molecule has 0 aromatic rings. The van der Waals surface area contributed by atoms with Crippen molar-refractivity contribution >= 4 is 0 Å². The molecule has 0 radical (unpaired) electrons. The lowest BCUT2D eigenvalue weighted by molar-refractivity contribution is -0.382. The molecule has 26 atom stereocenters. The quantitative estimate of drug-likeness (QED) is 0.0742. The number of fused-ring (bicyclic) bond motifs is 5. The minimum Gasteiger partial charge on any atom is -0.394 e. The summed E-state index contributed by atoms with van der Waals surface area (Å²) in [7, 11) is 0. The standard InChI is InChI=1S/C47H80O19/c1-20(2)9-8-13-47(7,66-42-38(60)35(57)32(54)26(18-49)63-42)22-11-10-21-30(22)23(51)15-28-45(5)14-12-29(52)44(3,4)40(45)24(16-46(21,28)6)61-43-39(36(58)33(55)27(19-50)64-43)65-41-37(59)34(56)31(53)25(17-48)62-41/h9,21-43,48-60H,8,10-19H2,1-7H3/t21-,22+,23+,24-,25+,26+,27+,28-,29-,30-,31+,32+,33+,34-,35-,36-,37+,38+,39+,40+,41-,42-,43+,45+,46-,47-/m0/s1. The van der Waals surface area contributed by atoms with Crippen LogP contribution in [0.2, 0.25) is 0 Å². The van der Waals surface area contributed by atoms with E-state index >= 15 is 0 Å². The number of hydrogen-bond donors (Lipinski definition) is 13. The summed E-state index contributed by atoms with van der Waals surface area (Å²) >= 11 is 0. The van der Waals surface area contributed by atoms with E-state index < -0.39 is 152 Å². The fraction of sp³-hybridized carbons (Fsp3) is 0.957. The molecule has 3 saturated heterocycles. The van der Waals surface area contributed by atoms with Gasteiger partial charge in [-0.05, 0) is 118 Å². The number of rotatable bonds is 13. The SMILES string of the molecule is CC(C)=CCC[C@](C)(O[C@@H]1O[C@H](CO)[C@@H](O)[C@H](O)[C@H]1O)[C@@H]1CC[C@H]2[C@@H]1[C@H](O)C[C@H]1[C@@]3(C)CC[C@H](O)C(C)(C)[C@H]3[C@@H](O[C@@H]3O[C@H](CO)[C@@H](O)[C@H](O)[C@H]3O[C@@H]3O[C@H](CO)[C@@H](O)[C@H](O)[C@H]3O)C[C@]12C. The molecule has 0 aromatic heterocycles. The molecule has 4 saturated carbocycles. The summed E-state index contributed by atoms with van der Waals surface area (Å²) in [5.41, 5.74) is -1.82. The third kappa shape index (κ3) is 9.11. The molecular weight excluding hydrogens is 868 g/mol. The van der Waals surface area contributed by atoms with Gasteiger partial charge in [0.1, 0.15) is 73.2 Å². The highest BCUT2D eigenvalue weighted by Gasteiger charge is 2.71. The molecule has 19 heteroatoms. The minimum atomic E-state index is -1.85. The smallest absolute Gasteiger partial charge is 0.187 e. The maximum absolute atomic E-state index is 12.6. The molecule has 7 rings (SSSR count). The van der Waals surface area contributed by atoms with Crippen molar-refractivity contribution in [3.8, 4) is 0 Å². The molecule has 4 aliphatic carbocycles. The van der Waals surface area contributed by atoms with E-state index in [1.54, 1.807) is 0 Å². The lowest BCUT2D eigenvalue weighted by atomic mass is 9.37. The summed E-state index contributed by atoms with van der Waals surface area (Å²) in [6.07, 6.45) is -19.7. The molecule has 0 amide bonds. The fourth-order valence-electron chi connectivity index (χ4n) is 14.5. The van der Waals surface area contributed by atoms with Gasteiger partial charge in [-0.15, -0.1) is 0 Å². The lowest BCUT2D eigenvalue weighted by Crippen LogP contribution is -2.69. The van der Waals surface area contributed by atoms with Crippen molar-refractivity contribution in [2.45, 2.75) is 216 Å². The van der Waals surface area contributed by atoms with Gasteiger partial charge in [-0.25, -0.2) is 0 Å². The van der Waals surface area contributed by atoms with Gasteiger partial charge in [0, 0.05) is 0 Å². The molecule has 0 aromatic carbocycles. The topological polar surface area (TPSA) is 318 Å². The predicted molar refractivity (Wildman–Crippen MR) is 230 cm³/mol. The first-order valence-corrected chi connectivity index (χ1v) is 24.1. The van der Waals surface area contributed by atoms with Crippen LogP contribution in [0.25, 0.3) is 0 Å². The molecule has 0 bridgehead atoms. The van der Waals surface area contributed by atoms with Crippen LogP contribution in [0.15, 0.2) is 11.6 Å². The van der Waals surface area contributed by atoms with Crippen molar-refractivity contribution in [3.05, 3.63) is 11.6 Å². The Hall–Kier alpha value is -1.02. The number of ether oxygens (including phenoxy) is 6. The molecular formula is C47H80O19. The molecule has 7 fully saturated rings. The Morgan fingerprint density at radius 2 is 1.20 bits per heavy atom. The van der Waals surface area contributed by atoms with Gasteiger partial charge in [-0.2, -0.15) is 0 Å². The highest BCUT2D eigenvalue weighted by Crippen LogP contribution is 2.72. The Kier molecular flexibility index (Phi) is 15.9. The monoisotopic (exact) mass is 949 g/mol. The Morgan fingerprint density at radius 1 is 0.652 bits per heavy atom. The summed E-state index contributed by atoms with van der Waals surface area (Å²) in [6.45, 7) is 12.2. The Labute approximate surface area is 387 Å². The molecule has 3 heterocycles. The van der Waals surface area contributed by atoms with E-state index in [-0.39, 0.29) is 29.6 Å². The van der Waals surface area contributed by atoms with Crippen molar-refractivity contribution < 1.29 is 94.8 Å². The van der Waals surface area contributed by atoms with Crippen molar-refractivity contribution in [1.82, 2.24) is 0 Å². The van der Waals surface area contributed by atoms with Crippen molar-refractivity contribution in [2.24, 2.45) is 45.8 Å². The molecule has 3 aliphatic heterocycles. The number of aliphatic hydroxyl groups excluding tert-OH is 13. The molecule has 19 nitrogen and oxygen atoms in total. The molecule has 13 N–H and O–H groups in total. The van der Waals surface area contributed by atoms with Crippen LogP contribution in [-0.2, 0) is 28.4 Å². The largest absolute Gasteiger partial charge is 0.394 e. The van der Waals surface area contributed by atoms with Gasteiger partial charge in [0.05, 0.1) is 43.7 Å². The van der Waals surface area contributed by atoms with Gasteiger partial charge in [0.2, 0.25) is 0 Å². The fourth-order valence-corrected chi connectivity index (χ4v) is 14.5. The van der Waals surface area contributed by atoms with Crippen LogP contribution in [0.1, 0.15) is 99.8 Å². The molecule has 66 heavy (non-hydrogen) atoms. The highest BCUT2D eigenvalue weighted by atomic mass is 16.8. The van der Waals surface area contributed by atoms with E-state index in [2.05, 4.69) is 19.9 Å². The Morgan fingerprint density at radius 3 is 1.77 bits per heavy atom. The van der Waals surface area contributed by atoms with Gasteiger partial charge in [0.15, 0.2) is 18.9 Å². The first-order valence-electron chi connectivity index (χ1n) is 24.1. The van der Waals surface area contributed by atoms with E-state index in [9.17, 15) is 66.4 Å². The zero-order valence-corrected chi connectivity index (χ0v) is 39.4. The average molecular weight is 949 g/mol. The van der Waals surface area contributed by atoms with Crippen LogP contribution >= 0.6 is 0 Å². The van der Waals surface area contributed by atoms with Crippen molar-refractivity contribution in [1.29, 1.82) is 0 Å². The van der Waals surface area contributed by atoms with Crippen LogP contribution in [0.5, 0.6) is 0 Å². The first-order chi connectivity index (χ1) is 30.9. The normalized spacial score (nSPS) is 52.4. The van der Waals surface area contributed by atoms with Crippen LogP contribution in [0, 0.1) is 45.8 Å². The summed E-state index contributed by atoms with van der Waals surface area (Å²) in [4.78, 5) is 0. The third-order valence-corrected chi connectivity index (χ3v) is 17.9. The first kappa shape index (κ1) is 52.8. The van der Waals surface area contributed by atoms with Crippen LogP contribution in [-0.4, -0.2) is 202 Å². The predicted octanol–water partition coefficient (Wildman–Crippen LogP) is -1.45. The Balaban J connectivity index is 1.24. The Bertz CT molecular complexity index is 1660. The van der Waals surface area contributed by atoms with Crippen molar-refractivity contribution in [2.75, 3.05) is 19.8 Å². The van der Waals surface area contributed by atoms with E-state index in [4.69, 9.17) is 28.4 Å². The zero-order chi connectivity index (χ0) is 48.6. The third-order valence-electron chi connectivity index (χ3n) is 17.9. The summed E-state index contributed by atoms with van der Waals surface area (Å²) in [5, 5.41) is 142. The molecule has 382 valence electrons. The number of hydrogen-bond acceptors (Lipinski definition) is 19. The maximum Gasteiger partial charge on any atom is 0.187 e.